The molecule has 1 aromatic carbocycles. The number of rotatable bonds is 8. The van der Waals surface area contributed by atoms with Crippen LogP contribution in [-0.4, -0.2) is 44.1 Å². The van der Waals surface area contributed by atoms with Crippen molar-refractivity contribution in [2.24, 2.45) is 11.8 Å². The van der Waals surface area contributed by atoms with Crippen LogP contribution in [0.25, 0.3) is 0 Å². The van der Waals surface area contributed by atoms with E-state index in [1.807, 2.05) is 24.3 Å². The number of carbonyl (C=O) groups is 2. The summed E-state index contributed by atoms with van der Waals surface area (Å²) < 4.78 is 0. The number of amides is 2. The van der Waals surface area contributed by atoms with Crippen molar-refractivity contribution in [1.29, 1.82) is 0 Å². The highest BCUT2D eigenvalue weighted by atomic mass is 28.3. The second-order valence-corrected chi connectivity index (χ2v) is 39.8. The molecular formula is C32H60N2O2Si4. The van der Waals surface area contributed by atoms with Gasteiger partial charge in [-0.05, 0) is 72.1 Å². The lowest BCUT2D eigenvalue weighted by Crippen LogP contribution is -2.42. The van der Waals surface area contributed by atoms with E-state index >= 15 is 0 Å². The fourth-order valence-corrected chi connectivity index (χ4v) is 15.4. The largest absolute Gasteiger partial charge is 0.326 e. The summed E-state index contributed by atoms with van der Waals surface area (Å²) in [6, 6.07) is 7.83. The summed E-state index contributed by atoms with van der Waals surface area (Å²) in [5.74, 6) is 0.568. The van der Waals surface area contributed by atoms with Crippen LogP contribution in [0.1, 0.15) is 38.5 Å². The third kappa shape index (κ3) is 9.01. The molecule has 2 saturated carbocycles. The van der Waals surface area contributed by atoms with E-state index in [1.54, 1.807) is 0 Å². The maximum absolute atomic E-state index is 13.5. The van der Waals surface area contributed by atoms with Gasteiger partial charge in [-0.3, -0.25) is 9.59 Å². The highest BCUT2D eigenvalue weighted by Gasteiger charge is 2.44. The molecule has 4 atom stereocenters. The molecule has 2 amide bonds. The Bertz CT molecular complexity index is 904. The molecule has 3 rings (SSSR count). The molecule has 2 aliphatic carbocycles. The maximum Gasteiger partial charge on any atom is 0.227 e. The molecule has 0 aliphatic heterocycles. The van der Waals surface area contributed by atoms with Gasteiger partial charge in [0.15, 0.2) is 0 Å². The van der Waals surface area contributed by atoms with Crippen molar-refractivity contribution in [3.05, 3.63) is 24.3 Å². The van der Waals surface area contributed by atoms with Gasteiger partial charge in [-0.2, -0.15) is 0 Å². The van der Waals surface area contributed by atoms with Gasteiger partial charge in [0.2, 0.25) is 11.8 Å². The van der Waals surface area contributed by atoms with E-state index in [0.717, 1.165) is 37.1 Å². The molecule has 0 bridgehead atoms. The Morgan fingerprint density at radius 2 is 0.700 bits per heavy atom. The zero-order valence-corrected chi connectivity index (χ0v) is 31.8. The zero-order chi connectivity index (χ0) is 30.3. The van der Waals surface area contributed by atoms with Gasteiger partial charge in [-0.1, -0.05) is 91.4 Å². The second kappa shape index (κ2) is 12.3. The highest BCUT2D eigenvalue weighted by Crippen LogP contribution is 2.50. The van der Waals surface area contributed by atoms with Gasteiger partial charge in [0.05, 0.1) is 0 Å². The number of nitrogens with one attached hydrogen (secondary N) is 2. The first-order valence-electron chi connectivity index (χ1n) is 15.9. The number of benzene rings is 1. The van der Waals surface area contributed by atoms with Gasteiger partial charge in [-0.25, -0.2) is 0 Å². The number of carbonyl (C=O) groups excluding carboxylic acids is 2. The lowest BCUT2D eigenvalue weighted by atomic mass is 9.87. The molecule has 8 heteroatoms. The van der Waals surface area contributed by atoms with E-state index in [4.69, 9.17) is 0 Å². The van der Waals surface area contributed by atoms with Crippen LogP contribution >= 0.6 is 0 Å². The monoisotopic (exact) mass is 616 g/mol. The minimum Gasteiger partial charge on any atom is -0.326 e. The first kappa shape index (κ1) is 33.5. The summed E-state index contributed by atoms with van der Waals surface area (Å²) >= 11 is 0. The minimum absolute atomic E-state index is 0.103. The third-order valence-electron chi connectivity index (χ3n) is 10.5. The van der Waals surface area contributed by atoms with Gasteiger partial charge in [-0.15, -0.1) is 0 Å². The average Bonchev–Trinajstić information content (AvgIpc) is 2.82. The number of anilines is 2. The Morgan fingerprint density at radius 3 is 0.900 bits per heavy atom. The second-order valence-electron chi connectivity index (χ2n) is 17.6. The molecule has 0 aromatic heterocycles. The smallest absolute Gasteiger partial charge is 0.227 e. The van der Waals surface area contributed by atoms with Crippen molar-refractivity contribution < 1.29 is 9.59 Å². The van der Waals surface area contributed by atoms with Gasteiger partial charge in [0.25, 0.3) is 0 Å². The molecule has 0 spiro atoms. The topological polar surface area (TPSA) is 58.2 Å². The van der Waals surface area contributed by atoms with Crippen LogP contribution in [0.15, 0.2) is 24.3 Å². The molecule has 0 saturated heterocycles. The Labute approximate surface area is 250 Å². The van der Waals surface area contributed by atoms with Gasteiger partial charge >= 0.3 is 0 Å². The first-order valence-corrected chi connectivity index (χ1v) is 30.2. The molecule has 4 unspecified atom stereocenters. The fourth-order valence-electron chi connectivity index (χ4n) is 7.02. The van der Waals surface area contributed by atoms with Crippen LogP contribution in [0.5, 0.6) is 0 Å². The van der Waals surface area contributed by atoms with Crippen molar-refractivity contribution in [1.82, 2.24) is 0 Å². The summed E-state index contributed by atoms with van der Waals surface area (Å²) in [5, 5.41) is 6.47. The third-order valence-corrected chi connectivity index (χ3v) is 22.2. The zero-order valence-electron chi connectivity index (χ0n) is 27.8. The van der Waals surface area contributed by atoms with Crippen molar-refractivity contribution in [3.8, 4) is 0 Å². The summed E-state index contributed by atoms with van der Waals surface area (Å²) in [6.45, 7) is 29.6. The molecular weight excluding hydrogens is 557 g/mol. The van der Waals surface area contributed by atoms with E-state index in [9.17, 15) is 9.59 Å². The molecule has 2 fully saturated rings. The van der Waals surface area contributed by atoms with E-state index < -0.39 is 32.3 Å². The predicted octanol–water partition coefficient (Wildman–Crippen LogP) is 10.00. The SMILES string of the molecule is C[Si](C)(C)C1CC(C(=O)Nc2ccc(NC(=O)C3CC([Si](C)(C)C)CC([Si](C)(C)C)C3)cc2)CC([Si](C)(C)C)C1. The maximum atomic E-state index is 13.5. The van der Waals surface area contributed by atoms with Crippen LogP contribution in [0.4, 0.5) is 11.4 Å². The van der Waals surface area contributed by atoms with Crippen LogP contribution in [0, 0.1) is 11.8 Å². The summed E-state index contributed by atoms with van der Waals surface area (Å²) in [6.07, 6.45) is 6.79. The first-order chi connectivity index (χ1) is 18.1. The Morgan fingerprint density at radius 1 is 0.475 bits per heavy atom. The van der Waals surface area contributed by atoms with E-state index in [-0.39, 0.29) is 23.7 Å². The van der Waals surface area contributed by atoms with Gasteiger partial charge in [0, 0.05) is 55.5 Å². The fraction of sp³-hybridized carbons (Fsp3) is 0.750. The summed E-state index contributed by atoms with van der Waals surface area (Å²) in [7, 11) is -5.27. The molecule has 0 radical (unpaired) electrons. The van der Waals surface area contributed by atoms with Crippen LogP contribution in [-0.2, 0) is 9.59 Å². The molecule has 1 aromatic rings. The van der Waals surface area contributed by atoms with Crippen LogP contribution < -0.4 is 10.6 Å². The lowest BCUT2D eigenvalue weighted by molar-refractivity contribution is -0.121. The van der Waals surface area contributed by atoms with E-state index in [0.29, 0.717) is 22.2 Å². The Kier molecular flexibility index (Phi) is 10.3. The van der Waals surface area contributed by atoms with Gasteiger partial charge < -0.3 is 10.6 Å². The van der Waals surface area contributed by atoms with E-state index in [2.05, 4.69) is 89.2 Å². The highest BCUT2D eigenvalue weighted by molar-refractivity contribution is 6.80. The molecule has 2 N–H and O–H groups in total. The van der Waals surface area contributed by atoms with Crippen molar-refractivity contribution in [2.45, 2.75) is 139 Å². The Balaban J connectivity index is 1.65. The molecule has 4 nitrogen and oxygen atoms in total. The average molecular weight is 617 g/mol. The quantitative estimate of drug-likeness (QED) is 0.286. The van der Waals surface area contributed by atoms with Crippen LogP contribution in [0.2, 0.25) is 101 Å². The van der Waals surface area contributed by atoms with Gasteiger partial charge in [0.1, 0.15) is 0 Å². The minimum atomic E-state index is -1.32. The lowest BCUT2D eigenvalue weighted by Gasteiger charge is -2.44. The van der Waals surface area contributed by atoms with Crippen LogP contribution in [0.3, 0.4) is 0 Å². The molecule has 40 heavy (non-hydrogen) atoms. The standard InChI is InChI=1S/C32H60N2O2Si4/c1-37(2,3)27-17-23(18-28(21-27)38(4,5)6)31(35)33-25-13-15-26(16-14-25)34-32(36)24-19-29(39(7,8)9)22-30(20-24)40(10,11)12/h13-16,23-24,27-30H,17-22H2,1-12H3,(H,33,35)(H,34,36). The van der Waals surface area contributed by atoms with Crippen molar-refractivity contribution >= 4 is 55.5 Å². The molecule has 226 valence electrons. The molecule has 2 aliphatic rings. The number of hydrogen-bond acceptors (Lipinski definition) is 2. The van der Waals surface area contributed by atoms with Crippen molar-refractivity contribution in [3.63, 3.8) is 0 Å². The Hall–Kier alpha value is -0.972. The van der Waals surface area contributed by atoms with E-state index in [1.165, 1.54) is 12.8 Å². The summed E-state index contributed by atoms with van der Waals surface area (Å²) in [5.41, 5.74) is 4.52. The molecule has 0 heterocycles. The number of hydrogen-bond donors (Lipinski definition) is 2. The van der Waals surface area contributed by atoms with Crippen molar-refractivity contribution in [2.75, 3.05) is 10.6 Å². The normalized spacial score (nSPS) is 28.6. The predicted molar refractivity (Wildman–Crippen MR) is 187 cm³/mol. The summed E-state index contributed by atoms with van der Waals surface area (Å²) in [4.78, 5) is 26.9.